The highest BCUT2D eigenvalue weighted by Gasteiger charge is 2.18. The van der Waals surface area contributed by atoms with Crippen LogP contribution in [0.25, 0.3) is 0 Å². The molecule has 2 fully saturated rings. The number of rotatable bonds is 6. The topological polar surface area (TPSA) is 44.4 Å². The Morgan fingerprint density at radius 1 is 1.30 bits per heavy atom. The van der Waals surface area contributed by atoms with E-state index in [4.69, 9.17) is 0 Å². The predicted molar refractivity (Wildman–Crippen MR) is 82.7 cm³/mol. The van der Waals surface area contributed by atoms with Gasteiger partial charge in [-0.15, -0.1) is 0 Å². The van der Waals surface area contributed by atoms with Gasteiger partial charge in [-0.25, -0.2) is 0 Å². The quantitative estimate of drug-likeness (QED) is 0.777. The Morgan fingerprint density at radius 3 is 2.80 bits per heavy atom. The van der Waals surface area contributed by atoms with E-state index in [1.165, 1.54) is 45.2 Å². The molecule has 4 nitrogen and oxygen atoms in total. The van der Waals surface area contributed by atoms with Crippen molar-refractivity contribution in [1.82, 2.24) is 15.5 Å². The first-order chi connectivity index (χ1) is 9.74. The maximum Gasteiger partial charge on any atom is 0.220 e. The van der Waals surface area contributed by atoms with Crippen molar-refractivity contribution in [1.29, 1.82) is 0 Å². The minimum Gasteiger partial charge on any atom is -0.356 e. The van der Waals surface area contributed by atoms with E-state index in [1.807, 2.05) is 0 Å². The van der Waals surface area contributed by atoms with Gasteiger partial charge in [0.15, 0.2) is 0 Å². The van der Waals surface area contributed by atoms with E-state index in [0.29, 0.717) is 18.3 Å². The van der Waals surface area contributed by atoms with Gasteiger partial charge in [-0.1, -0.05) is 13.3 Å². The van der Waals surface area contributed by atoms with Gasteiger partial charge in [0, 0.05) is 19.5 Å². The van der Waals surface area contributed by atoms with Crippen molar-refractivity contribution in [3.63, 3.8) is 0 Å². The monoisotopic (exact) mass is 281 g/mol. The third kappa shape index (κ3) is 5.80. The molecule has 2 N–H and O–H groups in total. The van der Waals surface area contributed by atoms with Crippen LogP contribution in [0.2, 0.25) is 0 Å². The molecule has 20 heavy (non-hydrogen) atoms. The van der Waals surface area contributed by atoms with Gasteiger partial charge < -0.3 is 15.5 Å². The molecule has 0 saturated carbocycles. The van der Waals surface area contributed by atoms with E-state index in [2.05, 4.69) is 22.5 Å². The van der Waals surface area contributed by atoms with E-state index in [-0.39, 0.29) is 5.91 Å². The summed E-state index contributed by atoms with van der Waals surface area (Å²) in [5, 5.41) is 6.50. The molecule has 2 heterocycles. The minimum atomic E-state index is 0.240. The lowest BCUT2D eigenvalue weighted by molar-refractivity contribution is -0.122. The predicted octanol–water partition coefficient (Wildman–Crippen LogP) is 1.61. The Kier molecular flexibility index (Phi) is 6.80. The summed E-state index contributed by atoms with van der Waals surface area (Å²) in [5.41, 5.74) is 0. The lowest BCUT2D eigenvalue weighted by Crippen LogP contribution is -2.39. The second-order valence-electron chi connectivity index (χ2n) is 6.69. The summed E-state index contributed by atoms with van der Waals surface area (Å²) < 4.78 is 0. The lowest BCUT2D eigenvalue weighted by Gasteiger charge is -2.29. The van der Waals surface area contributed by atoms with Crippen LogP contribution in [0.15, 0.2) is 0 Å². The van der Waals surface area contributed by atoms with E-state index < -0.39 is 0 Å². The minimum absolute atomic E-state index is 0.240. The number of hydrogen-bond donors (Lipinski definition) is 2. The first-order valence-corrected chi connectivity index (χ1v) is 8.44. The number of carbonyl (C=O) groups is 1. The largest absolute Gasteiger partial charge is 0.356 e. The summed E-state index contributed by atoms with van der Waals surface area (Å²) >= 11 is 0. The summed E-state index contributed by atoms with van der Waals surface area (Å²) in [6.45, 7) is 8.82. The molecule has 0 aromatic heterocycles. The Bertz CT molecular complexity index is 283. The van der Waals surface area contributed by atoms with Gasteiger partial charge in [0.25, 0.3) is 0 Å². The number of nitrogens with zero attached hydrogens (tertiary/aromatic N) is 1. The zero-order valence-corrected chi connectivity index (χ0v) is 13.0. The van der Waals surface area contributed by atoms with Crippen LogP contribution in [0.4, 0.5) is 0 Å². The van der Waals surface area contributed by atoms with Gasteiger partial charge in [-0.05, 0) is 63.7 Å². The third-order valence-electron chi connectivity index (χ3n) is 4.54. The number of likely N-dealkylation sites (tertiary alicyclic amines) is 1. The second kappa shape index (κ2) is 8.63. The van der Waals surface area contributed by atoms with Crippen molar-refractivity contribution in [3.8, 4) is 0 Å². The molecule has 2 unspecified atom stereocenters. The summed E-state index contributed by atoms with van der Waals surface area (Å²) in [6.07, 6.45) is 7.18. The van der Waals surface area contributed by atoms with Gasteiger partial charge in [-0.3, -0.25) is 4.79 Å². The number of hydrogen-bond acceptors (Lipinski definition) is 3. The summed E-state index contributed by atoms with van der Waals surface area (Å²) in [4.78, 5) is 14.5. The van der Waals surface area contributed by atoms with Crippen molar-refractivity contribution >= 4 is 5.91 Å². The molecule has 2 aliphatic heterocycles. The molecule has 0 radical (unpaired) electrons. The maximum absolute atomic E-state index is 12.0. The van der Waals surface area contributed by atoms with E-state index in [9.17, 15) is 4.79 Å². The summed E-state index contributed by atoms with van der Waals surface area (Å²) in [5.74, 6) is 1.34. The number of carbonyl (C=O) groups excluding carboxylic acids is 1. The molecular formula is C16H31N3O. The SMILES string of the molecule is CC(CNC(=O)CC1CCCNC1)CN1CCCCC1. The molecule has 0 bridgehead atoms. The number of amides is 1. The van der Waals surface area contributed by atoms with E-state index in [0.717, 1.165) is 26.2 Å². The molecule has 0 aromatic rings. The fourth-order valence-electron chi connectivity index (χ4n) is 3.37. The van der Waals surface area contributed by atoms with Crippen LogP contribution in [0.3, 0.4) is 0 Å². The highest BCUT2D eigenvalue weighted by atomic mass is 16.1. The van der Waals surface area contributed by atoms with Crippen molar-refractivity contribution in [2.45, 2.75) is 45.4 Å². The van der Waals surface area contributed by atoms with Crippen LogP contribution in [0.5, 0.6) is 0 Å². The Balaban J connectivity index is 1.57. The number of piperidine rings is 2. The van der Waals surface area contributed by atoms with Crippen LogP contribution < -0.4 is 10.6 Å². The van der Waals surface area contributed by atoms with Crippen LogP contribution >= 0.6 is 0 Å². The zero-order valence-electron chi connectivity index (χ0n) is 13.0. The summed E-state index contributed by atoms with van der Waals surface area (Å²) in [6, 6.07) is 0. The average Bonchev–Trinajstić information content (AvgIpc) is 2.47. The summed E-state index contributed by atoms with van der Waals surface area (Å²) in [7, 11) is 0. The fourth-order valence-corrected chi connectivity index (χ4v) is 3.37. The fraction of sp³-hybridized carbons (Fsp3) is 0.938. The van der Waals surface area contributed by atoms with Gasteiger partial charge in [0.1, 0.15) is 0 Å². The standard InChI is InChI=1S/C16H31N3O/c1-14(13-19-8-3-2-4-9-19)11-18-16(20)10-15-6-5-7-17-12-15/h14-15,17H,2-13H2,1H3,(H,18,20). The van der Waals surface area contributed by atoms with Gasteiger partial charge in [-0.2, -0.15) is 0 Å². The molecule has 0 spiro atoms. The van der Waals surface area contributed by atoms with Crippen LogP contribution in [0, 0.1) is 11.8 Å². The smallest absolute Gasteiger partial charge is 0.220 e. The Morgan fingerprint density at radius 2 is 2.10 bits per heavy atom. The molecule has 2 rings (SSSR count). The first kappa shape index (κ1) is 15.8. The second-order valence-corrected chi connectivity index (χ2v) is 6.69. The van der Waals surface area contributed by atoms with Crippen LogP contribution in [-0.2, 0) is 4.79 Å². The molecular weight excluding hydrogens is 250 g/mol. The average molecular weight is 281 g/mol. The van der Waals surface area contributed by atoms with Crippen molar-refractivity contribution in [3.05, 3.63) is 0 Å². The Labute approximate surface area is 123 Å². The van der Waals surface area contributed by atoms with Gasteiger partial charge in [0.2, 0.25) is 5.91 Å². The van der Waals surface area contributed by atoms with Gasteiger partial charge in [0.05, 0.1) is 0 Å². The first-order valence-electron chi connectivity index (χ1n) is 8.44. The lowest BCUT2D eigenvalue weighted by atomic mass is 9.96. The van der Waals surface area contributed by atoms with Crippen molar-refractivity contribution in [2.24, 2.45) is 11.8 Å². The van der Waals surface area contributed by atoms with E-state index >= 15 is 0 Å². The van der Waals surface area contributed by atoms with Crippen molar-refractivity contribution in [2.75, 3.05) is 39.3 Å². The normalized spacial score (nSPS) is 26.1. The molecule has 0 aromatic carbocycles. The molecule has 2 saturated heterocycles. The van der Waals surface area contributed by atoms with Crippen molar-refractivity contribution < 1.29 is 4.79 Å². The molecule has 0 aliphatic carbocycles. The van der Waals surface area contributed by atoms with Crippen LogP contribution in [0.1, 0.15) is 45.4 Å². The van der Waals surface area contributed by atoms with Gasteiger partial charge >= 0.3 is 0 Å². The third-order valence-corrected chi connectivity index (χ3v) is 4.54. The van der Waals surface area contributed by atoms with Crippen LogP contribution in [-0.4, -0.2) is 50.1 Å². The molecule has 116 valence electrons. The number of nitrogens with one attached hydrogen (secondary N) is 2. The highest BCUT2D eigenvalue weighted by Crippen LogP contribution is 2.14. The molecule has 4 heteroatoms. The Hall–Kier alpha value is -0.610. The highest BCUT2D eigenvalue weighted by molar-refractivity contribution is 5.76. The molecule has 1 amide bonds. The molecule has 2 atom stereocenters. The van der Waals surface area contributed by atoms with E-state index in [1.54, 1.807) is 0 Å². The molecule has 2 aliphatic rings. The zero-order chi connectivity index (χ0) is 14.2. The maximum atomic E-state index is 12.0.